The van der Waals surface area contributed by atoms with Gasteiger partial charge in [0.05, 0.1) is 0 Å². The van der Waals surface area contributed by atoms with Crippen LogP contribution in [0.3, 0.4) is 0 Å². The Hall–Kier alpha value is -1.91. The van der Waals surface area contributed by atoms with Crippen LogP contribution in [0, 0.1) is 0 Å². The molecule has 0 aliphatic carbocycles. The summed E-state index contributed by atoms with van der Waals surface area (Å²) in [5.41, 5.74) is 0. The summed E-state index contributed by atoms with van der Waals surface area (Å²) in [6.07, 6.45) is -5.13. The van der Waals surface area contributed by atoms with Crippen LogP contribution in [-0.2, 0) is 21.0 Å². The third-order valence-electron chi connectivity index (χ3n) is 5.21. The van der Waals surface area contributed by atoms with Crippen LogP contribution in [0.5, 0.6) is 5.75 Å². The standard InChI is InChI=1S/C10H12OS.C8HF17O3S/c11-9-3-5-10(6-4-9)12-7-1-2-8-12;9-1(10,3(13,14)5(17,18)7(21,22)23)2(11,12)4(15,16)6(19,20)8(24,25)29(26,27)28/h3-6H,1-2,7-8H2;(H,26,27,28). The Bertz CT molecular complexity index is 1160. The number of phenols is 1. The van der Waals surface area contributed by atoms with E-state index < -0.39 is 57.1 Å². The first kappa shape index (κ1) is 37.1. The summed E-state index contributed by atoms with van der Waals surface area (Å²) >= 11 is 0. The third-order valence-corrected chi connectivity index (χ3v) is 8.59. The largest absolute Gasteiger partial charge is 0.743 e. The molecule has 1 aromatic rings. The van der Waals surface area contributed by atoms with Gasteiger partial charge in [0.25, 0.3) is 0 Å². The number of benzene rings is 1. The lowest BCUT2D eigenvalue weighted by atomic mass is 9.91. The molecular formula is C18H13F17O4S2. The molecule has 1 aliphatic rings. The Kier molecular flexibility index (Phi) is 9.94. The van der Waals surface area contributed by atoms with Crippen molar-refractivity contribution in [3.63, 3.8) is 0 Å². The molecule has 1 heterocycles. The molecule has 1 fully saturated rings. The molecule has 1 saturated heterocycles. The average Bonchev–Trinajstić information content (AvgIpc) is 3.32. The normalized spacial score (nSPS) is 17.3. The van der Waals surface area contributed by atoms with Crippen LogP contribution >= 0.6 is 0 Å². The maximum absolute atomic E-state index is 13.0. The molecule has 0 bridgehead atoms. The number of hydrogen-bond acceptors (Lipinski definition) is 4. The summed E-state index contributed by atoms with van der Waals surface area (Å²) in [6, 6.07) is 7.70. The van der Waals surface area contributed by atoms with Crippen LogP contribution in [0.1, 0.15) is 12.8 Å². The van der Waals surface area contributed by atoms with Gasteiger partial charge in [-0.2, -0.15) is 74.6 Å². The summed E-state index contributed by atoms with van der Waals surface area (Å²) in [6.45, 7) is 0. The van der Waals surface area contributed by atoms with Gasteiger partial charge in [0.2, 0.25) is 0 Å². The van der Waals surface area contributed by atoms with Crippen LogP contribution < -0.4 is 0 Å². The lowest BCUT2D eigenvalue weighted by Gasteiger charge is -2.42. The van der Waals surface area contributed by atoms with E-state index in [0.29, 0.717) is 16.6 Å². The van der Waals surface area contributed by atoms with Crippen molar-refractivity contribution in [1.29, 1.82) is 0 Å². The number of alkyl halides is 17. The van der Waals surface area contributed by atoms with E-state index in [1.54, 1.807) is 12.1 Å². The van der Waals surface area contributed by atoms with Crippen LogP contribution in [0.25, 0.3) is 0 Å². The Morgan fingerprint density at radius 2 is 0.902 bits per heavy atom. The molecule has 0 atom stereocenters. The van der Waals surface area contributed by atoms with E-state index in [1.807, 2.05) is 0 Å². The quantitative estimate of drug-likeness (QED) is 0.189. The van der Waals surface area contributed by atoms with Crippen LogP contribution in [0.2, 0.25) is 0 Å². The van der Waals surface area contributed by atoms with Gasteiger partial charge in [-0.3, -0.25) is 0 Å². The highest BCUT2D eigenvalue weighted by Gasteiger charge is 2.95. The minimum atomic E-state index is -8.92. The second-order valence-electron chi connectivity index (χ2n) is 8.02. The molecule has 1 N–H and O–H groups in total. The molecule has 240 valence electrons. The van der Waals surface area contributed by atoms with Gasteiger partial charge in [0, 0.05) is 10.9 Å². The average molecular weight is 680 g/mol. The van der Waals surface area contributed by atoms with Crippen molar-refractivity contribution in [2.45, 2.75) is 64.7 Å². The van der Waals surface area contributed by atoms with E-state index in [2.05, 4.69) is 12.1 Å². The second kappa shape index (κ2) is 11.0. The molecule has 0 amide bonds. The van der Waals surface area contributed by atoms with E-state index in [0.717, 1.165) is 0 Å². The van der Waals surface area contributed by atoms with Crippen LogP contribution in [0.15, 0.2) is 29.2 Å². The molecule has 1 aromatic carbocycles. The van der Waals surface area contributed by atoms with Gasteiger partial charge in [0.1, 0.15) is 17.3 Å². The molecule has 0 radical (unpaired) electrons. The smallest absolute Gasteiger partial charge is 0.460 e. The zero-order valence-electron chi connectivity index (χ0n) is 19.1. The Balaban J connectivity index is 0.000000570. The first-order chi connectivity index (χ1) is 17.9. The molecule has 2 rings (SSSR count). The minimum Gasteiger partial charge on any atom is -0.743 e. The van der Waals surface area contributed by atoms with Crippen molar-refractivity contribution in [2.75, 3.05) is 11.5 Å². The van der Waals surface area contributed by atoms with E-state index in [-0.39, 0.29) is 0 Å². The number of aromatic hydroxyl groups is 1. The molecule has 0 spiro atoms. The van der Waals surface area contributed by atoms with Gasteiger partial charge >= 0.3 is 47.0 Å². The van der Waals surface area contributed by atoms with Gasteiger partial charge in [-0.25, -0.2) is 8.42 Å². The monoisotopic (exact) mass is 680 g/mol. The van der Waals surface area contributed by atoms with Crippen LogP contribution in [0.4, 0.5) is 74.6 Å². The van der Waals surface area contributed by atoms with Gasteiger partial charge in [-0.1, -0.05) is 0 Å². The number of rotatable bonds is 8. The highest BCUT2D eigenvalue weighted by atomic mass is 32.2. The van der Waals surface area contributed by atoms with E-state index in [4.69, 9.17) is 5.11 Å². The van der Waals surface area contributed by atoms with Crippen molar-refractivity contribution in [3.05, 3.63) is 24.3 Å². The first-order valence-corrected chi connectivity index (χ1v) is 13.0. The highest BCUT2D eigenvalue weighted by molar-refractivity contribution is 7.97. The molecule has 0 aromatic heterocycles. The molecule has 4 nitrogen and oxygen atoms in total. The predicted octanol–water partition coefficient (Wildman–Crippen LogP) is 6.66. The zero-order valence-corrected chi connectivity index (χ0v) is 20.7. The minimum absolute atomic E-state index is 0.376. The SMILES string of the molecule is O=S(=O)([O-])C(F)(F)C(F)(F)C(F)(F)C(F)(F)C(F)(F)C(F)(F)C(F)(F)C(F)(F)F.Oc1ccc([S+]2CCCC2)cc1. The maximum Gasteiger partial charge on any atom is 0.460 e. The maximum atomic E-state index is 13.0. The van der Waals surface area contributed by atoms with E-state index in [1.165, 1.54) is 29.2 Å². The summed E-state index contributed by atoms with van der Waals surface area (Å²) < 4.78 is 244. The third kappa shape index (κ3) is 5.98. The summed E-state index contributed by atoms with van der Waals surface area (Å²) in [5.74, 6) is -49.1. The highest BCUT2D eigenvalue weighted by Crippen LogP contribution is 2.64. The summed E-state index contributed by atoms with van der Waals surface area (Å²) in [5, 5.41) is 1.15. The molecule has 0 saturated carbocycles. The van der Waals surface area contributed by atoms with Crippen molar-refractivity contribution >= 4 is 21.0 Å². The fourth-order valence-corrected chi connectivity index (χ4v) is 5.58. The molecule has 0 unspecified atom stereocenters. The molecule has 41 heavy (non-hydrogen) atoms. The Morgan fingerprint density at radius 1 is 0.585 bits per heavy atom. The Morgan fingerprint density at radius 3 is 1.22 bits per heavy atom. The van der Waals surface area contributed by atoms with Gasteiger partial charge < -0.3 is 9.66 Å². The summed E-state index contributed by atoms with van der Waals surface area (Å²) in [4.78, 5) is 1.42. The van der Waals surface area contributed by atoms with Crippen molar-refractivity contribution in [3.8, 4) is 5.75 Å². The van der Waals surface area contributed by atoms with Gasteiger partial charge in [-0.05, 0) is 37.1 Å². The zero-order chi connectivity index (χ0) is 32.9. The predicted molar refractivity (Wildman–Crippen MR) is 103 cm³/mol. The second-order valence-corrected chi connectivity index (χ2v) is 11.7. The van der Waals surface area contributed by atoms with Crippen molar-refractivity contribution < 1.29 is 92.7 Å². The van der Waals surface area contributed by atoms with E-state index >= 15 is 0 Å². The lowest BCUT2D eigenvalue weighted by Crippen LogP contribution is -2.75. The van der Waals surface area contributed by atoms with Gasteiger partial charge in [0.15, 0.2) is 15.0 Å². The molecular weight excluding hydrogens is 667 g/mol. The molecule has 23 heteroatoms. The van der Waals surface area contributed by atoms with Gasteiger partial charge in [-0.15, -0.1) is 0 Å². The summed E-state index contributed by atoms with van der Waals surface area (Å²) in [7, 11) is -7.65. The van der Waals surface area contributed by atoms with Crippen molar-refractivity contribution in [2.24, 2.45) is 0 Å². The number of phenolic OH excluding ortho intramolecular Hbond substituents is 1. The first-order valence-electron chi connectivity index (χ1n) is 9.99. The van der Waals surface area contributed by atoms with Crippen molar-refractivity contribution in [1.82, 2.24) is 0 Å². The lowest BCUT2D eigenvalue weighted by molar-refractivity contribution is -0.458. The van der Waals surface area contributed by atoms with Crippen LogP contribution in [-0.4, -0.2) is 76.5 Å². The fraction of sp³-hybridized carbons (Fsp3) is 0.667. The Labute approximate surface area is 220 Å². The number of hydrogen-bond donors (Lipinski definition) is 1. The topological polar surface area (TPSA) is 77.4 Å². The number of halogens is 17. The molecule has 1 aliphatic heterocycles. The van der Waals surface area contributed by atoms with E-state index in [9.17, 15) is 87.6 Å². The fourth-order valence-electron chi connectivity index (χ4n) is 2.84.